The molecule has 1 aromatic carbocycles. The Morgan fingerprint density at radius 1 is 1.24 bits per heavy atom. The van der Waals surface area contributed by atoms with Gasteiger partial charge in [0.1, 0.15) is 0 Å². The Bertz CT molecular complexity index is 491. The summed E-state index contributed by atoms with van der Waals surface area (Å²) in [6.45, 7) is 5.50. The summed E-state index contributed by atoms with van der Waals surface area (Å²) in [6.07, 6.45) is 0. The van der Waals surface area contributed by atoms with Crippen molar-refractivity contribution in [1.29, 1.82) is 0 Å². The molecule has 0 saturated carbocycles. The molecule has 5 heteroatoms. The minimum absolute atomic E-state index is 0.376. The molecule has 1 aromatic rings. The highest BCUT2D eigenvalue weighted by molar-refractivity contribution is 9.10. The van der Waals surface area contributed by atoms with Gasteiger partial charge >= 0.3 is 0 Å². The van der Waals surface area contributed by atoms with Crippen LogP contribution >= 0.6 is 15.9 Å². The predicted octanol–water partition coefficient (Wildman–Crippen LogP) is 3.01. The van der Waals surface area contributed by atoms with Crippen molar-refractivity contribution in [1.82, 2.24) is 4.31 Å². The second-order valence-corrected chi connectivity index (χ2v) is 8.62. The van der Waals surface area contributed by atoms with Gasteiger partial charge in [-0.25, -0.2) is 12.7 Å². The first-order valence-electron chi connectivity index (χ1n) is 5.35. The third kappa shape index (κ3) is 3.30. The second-order valence-electron chi connectivity index (χ2n) is 4.96. The van der Waals surface area contributed by atoms with Crippen molar-refractivity contribution in [2.24, 2.45) is 0 Å². The fourth-order valence-corrected chi connectivity index (χ4v) is 3.07. The van der Waals surface area contributed by atoms with E-state index < -0.39 is 14.8 Å². The van der Waals surface area contributed by atoms with Crippen molar-refractivity contribution in [3.8, 4) is 0 Å². The molecule has 0 N–H and O–H groups in total. The molecule has 0 aliphatic carbocycles. The molecule has 1 rings (SSSR count). The molecule has 0 unspecified atom stereocenters. The van der Waals surface area contributed by atoms with Crippen LogP contribution < -0.4 is 0 Å². The van der Waals surface area contributed by atoms with Crippen molar-refractivity contribution in [2.75, 3.05) is 7.05 Å². The van der Waals surface area contributed by atoms with Gasteiger partial charge in [-0.05, 0) is 32.4 Å². The summed E-state index contributed by atoms with van der Waals surface area (Å²) in [6, 6.07) is 7.63. The maximum Gasteiger partial charge on any atom is 0.219 e. The van der Waals surface area contributed by atoms with Gasteiger partial charge in [0, 0.05) is 18.1 Å². The number of nitrogens with zero attached hydrogens (tertiary/aromatic N) is 1. The molecule has 96 valence electrons. The van der Waals surface area contributed by atoms with Crippen LogP contribution in [0.2, 0.25) is 0 Å². The van der Waals surface area contributed by atoms with Crippen molar-refractivity contribution in [3.63, 3.8) is 0 Å². The number of sulfonamides is 1. The average Bonchev–Trinajstić information content (AvgIpc) is 2.19. The number of hydrogen-bond donors (Lipinski definition) is 0. The van der Waals surface area contributed by atoms with Crippen molar-refractivity contribution >= 4 is 26.0 Å². The largest absolute Gasteiger partial charge is 0.219 e. The Balaban J connectivity index is 2.95. The van der Waals surface area contributed by atoms with E-state index in [1.165, 1.54) is 4.31 Å². The van der Waals surface area contributed by atoms with Crippen LogP contribution in [0.25, 0.3) is 0 Å². The monoisotopic (exact) mass is 319 g/mol. The van der Waals surface area contributed by atoms with Gasteiger partial charge in [-0.3, -0.25) is 0 Å². The highest BCUT2D eigenvalue weighted by Gasteiger charge is 2.33. The third-order valence-electron chi connectivity index (χ3n) is 2.54. The topological polar surface area (TPSA) is 37.4 Å². The Kier molecular flexibility index (Phi) is 4.38. The molecule has 0 fully saturated rings. The first-order chi connectivity index (χ1) is 7.66. The summed E-state index contributed by atoms with van der Waals surface area (Å²) in [7, 11) is -1.67. The molecule has 0 spiro atoms. The van der Waals surface area contributed by atoms with Gasteiger partial charge in [-0.2, -0.15) is 0 Å². The lowest BCUT2D eigenvalue weighted by atomic mass is 10.2. The molecular formula is C12H18BrNO2S. The fourth-order valence-electron chi connectivity index (χ4n) is 1.42. The van der Waals surface area contributed by atoms with Crippen LogP contribution in [0.4, 0.5) is 0 Å². The molecule has 0 saturated heterocycles. The van der Waals surface area contributed by atoms with Crippen LogP contribution in [0.3, 0.4) is 0 Å². The zero-order chi connectivity index (χ0) is 13.3. The zero-order valence-corrected chi connectivity index (χ0v) is 13.0. The van der Waals surface area contributed by atoms with Gasteiger partial charge < -0.3 is 0 Å². The van der Waals surface area contributed by atoms with Crippen LogP contribution in [0, 0.1) is 0 Å². The van der Waals surface area contributed by atoms with Crippen molar-refractivity contribution in [3.05, 3.63) is 34.3 Å². The summed E-state index contributed by atoms with van der Waals surface area (Å²) >= 11 is 3.42. The lowest BCUT2D eigenvalue weighted by Crippen LogP contribution is -2.40. The lowest BCUT2D eigenvalue weighted by Gasteiger charge is -2.27. The van der Waals surface area contributed by atoms with E-state index in [0.717, 1.165) is 10.0 Å². The molecular weight excluding hydrogens is 302 g/mol. The average molecular weight is 320 g/mol. The quantitative estimate of drug-likeness (QED) is 0.858. The van der Waals surface area contributed by atoms with Gasteiger partial charge in [0.05, 0.1) is 4.75 Å². The van der Waals surface area contributed by atoms with E-state index in [-0.39, 0.29) is 0 Å². The predicted molar refractivity (Wildman–Crippen MR) is 74.3 cm³/mol. The van der Waals surface area contributed by atoms with E-state index in [4.69, 9.17) is 0 Å². The van der Waals surface area contributed by atoms with E-state index in [1.54, 1.807) is 27.8 Å². The molecule has 0 atom stereocenters. The lowest BCUT2D eigenvalue weighted by molar-refractivity contribution is 0.441. The molecule has 0 heterocycles. The number of benzene rings is 1. The number of hydrogen-bond acceptors (Lipinski definition) is 2. The summed E-state index contributed by atoms with van der Waals surface area (Å²) in [4.78, 5) is 0. The van der Waals surface area contributed by atoms with Crippen LogP contribution in [-0.4, -0.2) is 24.5 Å². The second kappa shape index (κ2) is 5.08. The van der Waals surface area contributed by atoms with E-state index >= 15 is 0 Å². The minimum atomic E-state index is -3.28. The standard InChI is InChI=1S/C12H18BrNO2S/c1-12(2,3)17(15,16)14(4)9-10-7-5-6-8-11(10)13/h5-8H,9H2,1-4H3. The van der Waals surface area contributed by atoms with Crippen LogP contribution in [0.5, 0.6) is 0 Å². The van der Waals surface area contributed by atoms with Crippen molar-refractivity contribution in [2.45, 2.75) is 32.1 Å². The first-order valence-corrected chi connectivity index (χ1v) is 7.59. The fraction of sp³-hybridized carbons (Fsp3) is 0.500. The van der Waals surface area contributed by atoms with E-state index in [9.17, 15) is 8.42 Å². The third-order valence-corrected chi connectivity index (χ3v) is 5.81. The summed E-state index contributed by atoms with van der Waals surface area (Å²) < 4.78 is 25.9. The number of halogens is 1. The van der Waals surface area contributed by atoms with Gasteiger partial charge in [0.25, 0.3) is 0 Å². The van der Waals surface area contributed by atoms with E-state index in [1.807, 2.05) is 24.3 Å². The van der Waals surface area contributed by atoms with Crippen molar-refractivity contribution < 1.29 is 8.42 Å². The van der Waals surface area contributed by atoms with Gasteiger partial charge in [-0.15, -0.1) is 0 Å². The van der Waals surface area contributed by atoms with Crippen LogP contribution in [-0.2, 0) is 16.6 Å². The molecule has 17 heavy (non-hydrogen) atoms. The SMILES string of the molecule is CN(Cc1ccccc1Br)S(=O)(=O)C(C)(C)C. The summed E-state index contributed by atoms with van der Waals surface area (Å²) in [5.41, 5.74) is 0.961. The molecule has 0 aromatic heterocycles. The highest BCUT2D eigenvalue weighted by Crippen LogP contribution is 2.23. The van der Waals surface area contributed by atoms with Crippen LogP contribution in [0.1, 0.15) is 26.3 Å². The molecule has 3 nitrogen and oxygen atoms in total. The molecule has 0 bridgehead atoms. The highest BCUT2D eigenvalue weighted by atomic mass is 79.9. The van der Waals surface area contributed by atoms with E-state index in [2.05, 4.69) is 15.9 Å². The first kappa shape index (κ1) is 14.7. The van der Waals surface area contributed by atoms with Gasteiger partial charge in [0.2, 0.25) is 10.0 Å². The summed E-state index contributed by atoms with van der Waals surface area (Å²) in [5, 5.41) is 0. The zero-order valence-electron chi connectivity index (χ0n) is 10.6. The van der Waals surface area contributed by atoms with Crippen LogP contribution in [0.15, 0.2) is 28.7 Å². The molecule has 0 aliphatic heterocycles. The summed E-state index contributed by atoms with van der Waals surface area (Å²) in [5.74, 6) is 0. The number of rotatable bonds is 3. The Morgan fingerprint density at radius 2 is 1.76 bits per heavy atom. The Morgan fingerprint density at radius 3 is 2.24 bits per heavy atom. The normalized spacial score (nSPS) is 13.1. The van der Waals surface area contributed by atoms with Gasteiger partial charge in [0.15, 0.2) is 0 Å². The maximum atomic E-state index is 12.2. The Labute approximate surface area is 112 Å². The molecule has 0 amide bonds. The van der Waals surface area contributed by atoms with Gasteiger partial charge in [-0.1, -0.05) is 34.1 Å². The molecule has 0 radical (unpaired) electrons. The smallest absolute Gasteiger partial charge is 0.212 e. The molecule has 0 aliphatic rings. The van der Waals surface area contributed by atoms with E-state index in [0.29, 0.717) is 6.54 Å². The maximum absolute atomic E-state index is 12.2. The minimum Gasteiger partial charge on any atom is -0.212 e. The Hall–Kier alpha value is -0.390.